The third-order valence-corrected chi connectivity index (χ3v) is 10.0. The van der Waals surface area contributed by atoms with Gasteiger partial charge in [-0.05, 0) is 29.6 Å². The van der Waals surface area contributed by atoms with Crippen LogP contribution < -0.4 is 0 Å². The molecule has 0 radical (unpaired) electrons. The molecule has 0 N–H and O–H groups in total. The summed E-state index contributed by atoms with van der Waals surface area (Å²) in [5, 5.41) is -56.4. The molecule has 6 unspecified atom stereocenters. The van der Waals surface area contributed by atoms with Crippen molar-refractivity contribution in [1.29, 1.82) is 0 Å². The first-order chi connectivity index (χ1) is 22.0. The summed E-state index contributed by atoms with van der Waals surface area (Å²) in [5.74, 6) is -59.8. The van der Waals surface area contributed by atoms with Crippen LogP contribution >= 0.6 is 92.8 Å². The largest absolute Gasteiger partial charge is 0.375 e. The van der Waals surface area contributed by atoms with E-state index in [-0.39, 0.29) is 0 Å². The highest BCUT2D eigenvalue weighted by atomic mass is 35.5. The lowest BCUT2D eigenvalue weighted by molar-refractivity contribution is -0.304. The first-order valence-electron chi connectivity index (χ1n) is 11.8. The van der Waals surface area contributed by atoms with Crippen LogP contribution in [0, 0.1) is 5.92 Å². The van der Waals surface area contributed by atoms with Crippen LogP contribution in [-0.2, 0) is 9.59 Å². The summed E-state index contributed by atoms with van der Waals surface area (Å²) in [6, 6.07) is 0. The molecular formula is C20H8Cl8F22O2. The number of hydrogen-bond acceptors (Lipinski definition) is 2. The summed E-state index contributed by atoms with van der Waals surface area (Å²) in [7, 11) is 0. The molecule has 0 aromatic carbocycles. The zero-order chi connectivity index (χ0) is 43.1. The van der Waals surface area contributed by atoms with Crippen molar-refractivity contribution in [2.75, 3.05) is 0 Å². The predicted octanol–water partition coefficient (Wildman–Crippen LogP) is 12.4. The van der Waals surface area contributed by atoms with Crippen LogP contribution in [0.4, 0.5) is 96.6 Å². The first kappa shape index (κ1) is 52.1. The second-order valence-electron chi connectivity index (χ2n) is 9.96. The SMILES string of the molecule is CCCC(C(=O)C(F)(F)C(F)(Cl)C(F)(F)C(F)(Cl)C(F)(F)C(F)(Cl)C(F)(F)Cl)C(=O)C(F)(F)C(F)(Cl)C(F)(F)C(F)(Cl)C(F)(F)C(F)(Cl)C(F)(F)Cl. The Labute approximate surface area is 312 Å². The van der Waals surface area contributed by atoms with Gasteiger partial charge >= 0.3 is 77.1 Å². The van der Waals surface area contributed by atoms with E-state index in [1.54, 1.807) is 0 Å². The lowest BCUT2D eigenvalue weighted by atomic mass is 9.81. The van der Waals surface area contributed by atoms with Gasteiger partial charge in [0.05, 0.1) is 5.92 Å². The fourth-order valence-electron chi connectivity index (χ4n) is 3.35. The van der Waals surface area contributed by atoms with Gasteiger partial charge in [0.15, 0.2) is 0 Å². The van der Waals surface area contributed by atoms with Gasteiger partial charge in [0.1, 0.15) is 0 Å². The second-order valence-corrected chi connectivity index (χ2v) is 14.0. The van der Waals surface area contributed by atoms with E-state index in [1.807, 2.05) is 0 Å². The van der Waals surface area contributed by atoms with Crippen molar-refractivity contribution in [3.8, 4) is 0 Å². The number of Topliss-reactive ketones (excluding diaryl/α,β-unsaturated/α-hetero) is 2. The van der Waals surface area contributed by atoms with Gasteiger partial charge in [-0.15, -0.1) is 0 Å². The summed E-state index contributed by atoms with van der Waals surface area (Å²) in [4.78, 5) is 24.7. The van der Waals surface area contributed by atoms with E-state index >= 15 is 0 Å². The van der Waals surface area contributed by atoms with Crippen LogP contribution in [0.2, 0.25) is 0 Å². The van der Waals surface area contributed by atoms with Crippen molar-refractivity contribution < 1.29 is 106 Å². The number of carbonyl (C=O) groups is 2. The van der Waals surface area contributed by atoms with Gasteiger partial charge in [0, 0.05) is 0 Å². The van der Waals surface area contributed by atoms with Crippen LogP contribution in [0.1, 0.15) is 19.8 Å². The van der Waals surface area contributed by atoms with E-state index in [9.17, 15) is 106 Å². The second kappa shape index (κ2) is 14.2. The molecule has 52 heavy (non-hydrogen) atoms. The average molecular weight is 982 g/mol. The summed E-state index contributed by atoms with van der Waals surface area (Å²) in [6.45, 7) is 0.443. The predicted molar refractivity (Wildman–Crippen MR) is 138 cm³/mol. The Hall–Kier alpha value is 0.120. The van der Waals surface area contributed by atoms with Crippen molar-refractivity contribution in [1.82, 2.24) is 0 Å². The highest BCUT2D eigenvalue weighted by Gasteiger charge is 2.92. The zero-order valence-electron chi connectivity index (χ0n) is 23.1. The maximum Gasteiger partial charge on any atom is 0.375 e. The Morgan fingerprint density at radius 1 is 0.385 bits per heavy atom. The number of hydrogen-bond donors (Lipinski definition) is 0. The number of ketones is 2. The molecular weight excluding hydrogens is 974 g/mol. The summed E-state index contributed by atoms with van der Waals surface area (Å²) < 4.78 is 313. The molecule has 0 saturated heterocycles. The third kappa shape index (κ3) is 7.03. The van der Waals surface area contributed by atoms with E-state index in [4.69, 9.17) is 0 Å². The van der Waals surface area contributed by atoms with Crippen molar-refractivity contribution in [3.05, 3.63) is 0 Å². The fourth-order valence-corrected chi connectivity index (χ4v) is 5.01. The van der Waals surface area contributed by atoms with Crippen molar-refractivity contribution >= 4 is 104 Å². The van der Waals surface area contributed by atoms with E-state index < -0.39 is 107 Å². The molecule has 0 fully saturated rings. The van der Waals surface area contributed by atoms with Gasteiger partial charge in [-0.2, -0.15) is 70.2 Å². The minimum Gasteiger partial charge on any atom is -0.292 e. The van der Waals surface area contributed by atoms with Gasteiger partial charge in [-0.1, -0.05) is 83.0 Å². The first-order valence-corrected chi connectivity index (χ1v) is 14.8. The van der Waals surface area contributed by atoms with E-state index in [0.717, 1.165) is 0 Å². The smallest absolute Gasteiger partial charge is 0.292 e. The van der Waals surface area contributed by atoms with Gasteiger partial charge < -0.3 is 0 Å². The highest BCUT2D eigenvalue weighted by Crippen LogP contribution is 2.67. The Bertz CT molecular complexity index is 1260. The van der Waals surface area contributed by atoms with Crippen molar-refractivity contribution in [3.63, 3.8) is 0 Å². The summed E-state index contributed by atoms with van der Waals surface area (Å²) >= 11 is 31.4. The molecule has 2 nitrogen and oxygen atoms in total. The average Bonchev–Trinajstić information content (AvgIpc) is 2.92. The van der Waals surface area contributed by atoms with Crippen LogP contribution in [0.15, 0.2) is 0 Å². The van der Waals surface area contributed by atoms with Crippen LogP contribution in [0.3, 0.4) is 0 Å². The number of carbonyl (C=O) groups excluding carboxylic acids is 2. The van der Waals surface area contributed by atoms with Gasteiger partial charge in [0.2, 0.25) is 11.6 Å². The molecule has 0 saturated carbocycles. The van der Waals surface area contributed by atoms with Crippen LogP contribution in [-0.4, -0.2) is 88.6 Å². The lowest BCUT2D eigenvalue weighted by Crippen LogP contribution is -2.73. The van der Waals surface area contributed by atoms with E-state index in [2.05, 4.69) is 92.8 Å². The lowest BCUT2D eigenvalue weighted by Gasteiger charge is -2.45. The molecule has 0 bridgehead atoms. The molecule has 32 heteroatoms. The Kier molecular flexibility index (Phi) is 14.2. The number of rotatable bonds is 18. The topological polar surface area (TPSA) is 34.1 Å². The minimum atomic E-state index is -7.98. The standard InChI is InChI=1S/C20H8Cl8F22O2/c1-2-3-4(5(51)7(29,30)9(21,33)15(39,40)11(23,35)17(43,44)13(25,37)19(27,47)48)6(52)8(31,32)10(22,34)16(41,42)12(24,36)18(45,46)14(26,38)20(28,49)50/h4H,2-3H2,1H3. The molecule has 0 rings (SSSR count). The quantitative estimate of drug-likeness (QED) is 0.0779. The molecule has 0 aliphatic rings. The van der Waals surface area contributed by atoms with E-state index in [1.165, 1.54) is 0 Å². The van der Waals surface area contributed by atoms with Gasteiger partial charge in [-0.3, -0.25) is 9.59 Å². The minimum absolute atomic E-state index is 0.443. The number of halogens is 30. The molecule has 0 aliphatic carbocycles. The molecule has 0 spiro atoms. The summed E-state index contributed by atoms with van der Waals surface area (Å²) in [6.07, 6.45) is -3.62. The van der Waals surface area contributed by atoms with Crippen LogP contribution in [0.25, 0.3) is 0 Å². The normalized spacial score (nSPS) is 22.5. The van der Waals surface area contributed by atoms with E-state index in [0.29, 0.717) is 6.92 Å². The van der Waals surface area contributed by atoms with Crippen molar-refractivity contribution in [2.24, 2.45) is 5.92 Å². The van der Waals surface area contributed by atoms with Crippen LogP contribution in [0.5, 0.6) is 0 Å². The maximum atomic E-state index is 14.9. The van der Waals surface area contributed by atoms with Gasteiger partial charge in [0.25, 0.3) is 0 Å². The Morgan fingerprint density at radius 2 is 0.577 bits per heavy atom. The number of alkyl halides is 30. The fraction of sp³-hybridized carbons (Fsp3) is 0.900. The molecule has 6 atom stereocenters. The molecule has 0 heterocycles. The third-order valence-electron chi connectivity index (χ3n) is 6.48. The summed E-state index contributed by atoms with van der Waals surface area (Å²) in [5.41, 5.74) is 0. The Morgan fingerprint density at radius 3 is 0.750 bits per heavy atom. The Balaban J connectivity index is 7.48. The van der Waals surface area contributed by atoms with Crippen molar-refractivity contribution in [2.45, 2.75) is 96.8 Å². The van der Waals surface area contributed by atoms with Gasteiger partial charge in [-0.25, -0.2) is 26.3 Å². The maximum absolute atomic E-state index is 14.9. The monoisotopic (exact) mass is 978 g/mol. The zero-order valence-corrected chi connectivity index (χ0v) is 29.2. The molecule has 0 aliphatic heterocycles. The molecule has 0 aromatic rings. The highest BCUT2D eigenvalue weighted by molar-refractivity contribution is 6.36. The molecule has 0 amide bonds. The molecule has 310 valence electrons. The molecule has 0 aromatic heterocycles.